The minimum atomic E-state index is -0.505. The zero-order valence-corrected chi connectivity index (χ0v) is 11.3. The number of hydrogen-bond acceptors (Lipinski definition) is 3. The van der Waals surface area contributed by atoms with E-state index in [1.54, 1.807) is 18.3 Å². The van der Waals surface area contributed by atoms with Crippen molar-refractivity contribution in [1.82, 2.24) is 9.78 Å². The van der Waals surface area contributed by atoms with E-state index in [0.717, 1.165) is 11.3 Å². The van der Waals surface area contributed by atoms with Crippen LogP contribution in [0.2, 0.25) is 0 Å². The van der Waals surface area contributed by atoms with Crippen LogP contribution in [0.3, 0.4) is 0 Å². The van der Waals surface area contributed by atoms with Gasteiger partial charge in [0.2, 0.25) is 0 Å². The first-order valence-corrected chi connectivity index (χ1v) is 6.06. The minimum absolute atomic E-state index is 0.240. The number of nitrogens with two attached hydrogens (primary N) is 1. The molecular weight excluding hydrogens is 242 g/mol. The van der Waals surface area contributed by atoms with Gasteiger partial charge in [-0.25, -0.2) is 0 Å². The third-order valence-corrected chi connectivity index (χ3v) is 2.92. The third-order valence-electron chi connectivity index (χ3n) is 2.92. The Morgan fingerprint density at radius 3 is 2.68 bits per heavy atom. The predicted octanol–water partition coefficient (Wildman–Crippen LogP) is 2.24. The Bertz CT molecular complexity index is 602. The number of ether oxygens (including phenoxy) is 1. The Kier molecular flexibility index (Phi) is 3.55. The molecule has 1 aromatic heterocycles. The molecule has 0 saturated carbocycles. The second-order valence-electron chi connectivity index (χ2n) is 4.53. The zero-order valence-electron chi connectivity index (χ0n) is 11.3. The molecule has 0 aliphatic carbocycles. The molecule has 5 nitrogen and oxygen atoms in total. The van der Waals surface area contributed by atoms with Crippen LogP contribution >= 0.6 is 0 Å². The fraction of sp³-hybridized carbons (Fsp3) is 0.286. The van der Waals surface area contributed by atoms with Crippen LogP contribution in [0.4, 0.5) is 0 Å². The fourth-order valence-electron chi connectivity index (χ4n) is 2.01. The summed E-state index contributed by atoms with van der Waals surface area (Å²) in [4.78, 5) is 11.4. The number of aromatic nitrogens is 2. The van der Waals surface area contributed by atoms with Crippen molar-refractivity contribution in [2.45, 2.75) is 19.9 Å². The molecule has 0 aliphatic rings. The summed E-state index contributed by atoms with van der Waals surface area (Å²) < 4.78 is 7.03. The van der Waals surface area contributed by atoms with E-state index in [1.165, 1.54) is 7.11 Å². The highest BCUT2D eigenvalue weighted by molar-refractivity contribution is 5.96. The number of nitrogens with zero attached hydrogens (tertiary/aromatic N) is 2. The lowest BCUT2D eigenvalue weighted by Gasteiger charge is -2.12. The van der Waals surface area contributed by atoms with Gasteiger partial charge in [0.1, 0.15) is 5.75 Å². The summed E-state index contributed by atoms with van der Waals surface area (Å²) in [6, 6.07) is 7.52. The molecule has 1 amide bonds. The maximum absolute atomic E-state index is 11.4. The second kappa shape index (κ2) is 5.14. The van der Waals surface area contributed by atoms with Gasteiger partial charge in [-0.05, 0) is 38.1 Å². The summed E-state index contributed by atoms with van der Waals surface area (Å²) in [6.45, 7) is 4.10. The Morgan fingerprint density at radius 2 is 2.11 bits per heavy atom. The quantitative estimate of drug-likeness (QED) is 0.915. The summed E-state index contributed by atoms with van der Waals surface area (Å²) in [6.07, 6.45) is 1.74. The monoisotopic (exact) mass is 259 g/mol. The number of rotatable bonds is 4. The Balaban J connectivity index is 2.54. The van der Waals surface area contributed by atoms with Crippen molar-refractivity contribution < 1.29 is 9.53 Å². The van der Waals surface area contributed by atoms with E-state index >= 15 is 0 Å². The molecule has 0 fully saturated rings. The Labute approximate surface area is 112 Å². The van der Waals surface area contributed by atoms with Crippen LogP contribution in [0.1, 0.15) is 30.2 Å². The largest absolute Gasteiger partial charge is 0.496 e. The van der Waals surface area contributed by atoms with Gasteiger partial charge in [0.15, 0.2) is 0 Å². The SMILES string of the molecule is COc1ccc(-c2ccnn2C(C)C)cc1C(N)=O. The molecule has 0 radical (unpaired) electrons. The van der Waals surface area contributed by atoms with E-state index in [0.29, 0.717) is 11.3 Å². The molecule has 5 heteroatoms. The molecule has 2 N–H and O–H groups in total. The van der Waals surface area contributed by atoms with Gasteiger partial charge in [-0.1, -0.05) is 0 Å². The lowest BCUT2D eigenvalue weighted by molar-refractivity contribution is 0.0997. The molecule has 19 heavy (non-hydrogen) atoms. The van der Waals surface area contributed by atoms with Gasteiger partial charge < -0.3 is 10.5 Å². The zero-order chi connectivity index (χ0) is 14.0. The normalized spacial score (nSPS) is 10.7. The number of primary amides is 1. The molecule has 0 unspecified atom stereocenters. The summed E-state index contributed by atoms with van der Waals surface area (Å²) in [5, 5.41) is 4.28. The minimum Gasteiger partial charge on any atom is -0.496 e. The molecular formula is C14H17N3O2. The molecule has 0 bridgehead atoms. The van der Waals surface area contributed by atoms with Gasteiger partial charge in [0, 0.05) is 17.8 Å². The van der Waals surface area contributed by atoms with Crippen molar-refractivity contribution in [3.8, 4) is 17.0 Å². The first-order valence-electron chi connectivity index (χ1n) is 6.06. The van der Waals surface area contributed by atoms with Crippen LogP contribution in [-0.4, -0.2) is 22.8 Å². The van der Waals surface area contributed by atoms with Crippen LogP contribution in [0.5, 0.6) is 5.75 Å². The van der Waals surface area contributed by atoms with Crippen molar-refractivity contribution in [2.24, 2.45) is 5.73 Å². The third kappa shape index (κ3) is 2.45. The van der Waals surface area contributed by atoms with Crippen LogP contribution in [0, 0.1) is 0 Å². The van der Waals surface area contributed by atoms with E-state index in [9.17, 15) is 4.79 Å². The average molecular weight is 259 g/mol. The molecule has 2 aromatic rings. The fourth-order valence-corrected chi connectivity index (χ4v) is 2.01. The molecule has 0 spiro atoms. The van der Waals surface area contributed by atoms with E-state index < -0.39 is 5.91 Å². The van der Waals surface area contributed by atoms with Crippen LogP contribution in [0.25, 0.3) is 11.3 Å². The van der Waals surface area contributed by atoms with Gasteiger partial charge in [0.05, 0.1) is 18.4 Å². The topological polar surface area (TPSA) is 70.1 Å². The lowest BCUT2D eigenvalue weighted by atomic mass is 10.1. The first-order chi connectivity index (χ1) is 9.04. The first kappa shape index (κ1) is 13.1. The van der Waals surface area contributed by atoms with E-state index in [4.69, 9.17) is 10.5 Å². The number of methoxy groups -OCH3 is 1. The number of benzene rings is 1. The molecule has 1 heterocycles. The molecule has 0 atom stereocenters. The van der Waals surface area contributed by atoms with Gasteiger partial charge in [0.25, 0.3) is 5.91 Å². The van der Waals surface area contributed by atoms with Crippen molar-refractivity contribution >= 4 is 5.91 Å². The van der Waals surface area contributed by atoms with Crippen molar-refractivity contribution in [2.75, 3.05) is 7.11 Å². The van der Waals surface area contributed by atoms with Gasteiger partial charge in [-0.3, -0.25) is 9.48 Å². The summed E-state index contributed by atoms with van der Waals surface area (Å²) in [5.41, 5.74) is 7.57. The molecule has 2 rings (SSSR count). The van der Waals surface area contributed by atoms with E-state index in [1.807, 2.05) is 16.8 Å². The lowest BCUT2D eigenvalue weighted by Crippen LogP contribution is -2.13. The van der Waals surface area contributed by atoms with Gasteiger partial charge in [-0.2, -0.15) is 5.10 Å². The average Bonchev–Trinajstić information content (AvgIpc) is 2.87. The van der Waals surface area contributed by atoms with Gasteiger partial charge in [-0.15, -0.1) is 0 Å². The number of amides is 1. The highest BCUT2D eigenvalue weighted by atomic mass is 16.5. The summed E-state index contributed by atoms with van der Waals surface area (Å²) in [5.74, 6) is -0.0267. The number of carbonyl (C=O) groups is 1. The smallest absolute Gasteiger partial charge is 0.252 e. The second-order valence-corrected chi connectivity index (χ2v) is 4.53. The van der Waals surface area contributed by atoms with E-state index in [-0.39, 0.29) is 6.04 Å². The molecule has 1 aromatic carbocycles. The molecule has 0 aliphatic heterocycles. The van der Waals surface area contributed by atoms with Crippen LogP contribution in [-0.2, 0) is 0 Å². The standard InChI is InChI=1S/C14H17N3O2/c1-9(2)17-12(6-7-16-17)10-4-5-13(19-3)11(8-10)14(15)18/h4-9H,1-3H3,(H2,15,18). The van der Waals surface area contributed by atoms with Crippen LogP contribution < -0.4 is 10.5 Å². The summed E-state index contributed by atoms with van der Waals surface area (Å²) >= 11 is 0. The summed E-state index contributed by atoms with van der Waals surface area (Å²) in [7, 11) is 1.51. The van der Waals surface area contributed by atoms with Crippen molar-refractivity contribution in [3.63, 3.8) is 0 Å². The highest BCUT2D eigenvalue weighted by Gasteiger charge is 2.13. The number of carbonyl (C=O) groups excluding carboxylic acids is 1. The molecule has 0 saturated heterocycles. The maximum Gasteiger partial charge on any atom is 0.252 e. The van der Waals surface area contributed by atoms with Crippen LogP contribution in [0.15, 0.2) is 30.5 Å². The van der Waals surface area contributed by atoms with Crippen molar-refractivity contribution in [1.29, 1.82) is 0 Å². The van der Waals surface area contributed by atoms with E-state index in [2.05, 4.69) is 18.9 Å². The predicted molar refractivity (Wildman–Crippen MR) is 73.1 cm³/mol. The highest BCUT2D eigenvalue weighted by Crippen LogP contribution is 2.27. The van der Waals surface area contributed by atoms with Gasteiger partial charge >= 0.3 is 0 Å². The Morgan fingerprint density at radius 1 is 1.37 bits per heavy atom. The Hall–Kier alpha value is -2.30. The number of hydrogen-bond donors (Lipinski definition) is 1. The molecule has 100 valence electrons. The maximum atomic E-state index is 11.4. The van der Waals surface area contributed by atoms with Crippen molar-refractivity contribution in [3.05, 3.63) is 36.0 Å².